The molecule has 0 atom stereocenters. The molecule has 17 heavy (non-hydrogen) atoms. The molecule has 0 aromatic carbocycles. The number of anilines is 1. The zero-order valence-corrected chi connectivity index (χ0v) is 10.2. The minimum atomic E-state index is 0.526. The molecule has 1 aliphatic rings. The SMILES string of the molecule is CCCN1CCN(c2ncc(C=O)cn2)CC1. The maximum absolute atomic E-state index is 10.5. The van der Waals surface area contributed by atoms with Gasteiger partial charge in [-0.15, -0.1) is 0 Å². The van der Waals surface area contributed by atoms with Gasteiger partial charge in [0.25, 0.3) is 0 Å². The van der Waals surface area contributed by atoms with Crippen LogP contribution in [0.1, 0.15) is 23.7 Å². The second kappa shape index (κ2) is 5.72. The maximum Gasteiger partial charge on any atom is 0.225 e. The monoisotopic (exact) mass is 234 g/mol. The van der Waals surface area contributed by atoms with Gasteiger partial charge in [-0.25, -0.2) is 9.97 Å². The van der Waals surface area contributed by atoms with Crippen molar-refractivity contribution in [3.8, 4) is 0 Å². The highest BCUT2D eigenvalue weighted by molar-refractivity contribution is 5.73. The van der Waals surface area contributed by atoms with Gasteiger partial charge in [-0.3, -0.25) is 9.69 Å². The number of carbonyl (C=O) groups excluding carboxylic acids is 1. The van der Waals surface area contributed by atoms with Gasteiger partial charge in [0, 0.05) is 38.6 Å². The summed E-state index contributed by atoms with van der Waals surface area (Å²) >= 11 is 0. The van der Waals surface area contributed by atoms with Gasteiger partial charge in [0.15, 0.2) is 6.29 Å². The zero-order chi connectivity index (χ0) is 12.1. The highest BCUT2D eigenvalue weighted by atomic mass is 16.1. The number of rotatable bonds is 4. The van der Waals surface area contributed by atoms with Crippen molar-refractivity contribution in [2.75, 3.05) is 37.6 Å². The van der Waals surface area contributed by atoms with Gasteiger partial charge >= 0.3 is 0 Å². The molecule has 0 amide bonds. The van der Waals surface area contributed by atoms with E-state index in [0.29, 0.717) is 5.56 Å². The summed E-state index contributed by atoms with van der Waals surface area (Å²) in [7, 11) is 0. The molecular formula is C12H18N4O. The minimum Gasteiger partial charge on any atom is -0.338 e. The Morgan fingerprint density at radius 3 is 2.41 bits per heavy atom. The smallest absolute Gasteiger partial charge is 0.225 e. The van der Waals surface area contributed by atoms with Crippen LogP contribution in [0.2, 0.25) is 0 Å². The Morgan fingerprint density at radius 2 is 1.88 bits per heavy atom. The molecule has 0 unspecified atom stereocenters. The average molecular weight is 234 g/mol. The van der Waals surface area contributed by atoms with Crippen LogP contribution in [0.15, 0.2) is 12.4 Å². The molecule has 1 fully saturated rings. The van der Waals surface area contributed by atoms with Gasteiger partial charge in [-0.1, -0.05) is 6.92 Å². The third-order valence-corrected chi connectivity index (χ3v) is 2.99. The lowest BCUT2D eigenvalue weighted by Crippen LogP contribution is -2.47. The first-order chi connectivity index (χ1) is 8.33. The van der Waals surface area contributed by atoms with Crippen LogP contribution in [0.3, 0.4) is 0 Å². The number of aldehydes is 1. The van der Waals surface area contributed by atoms with Crippen LogP contribution in [0.4, 0.5) is 5.95 Å². The Bertz CT molecular complexity index is 357. The topological polar surface area (TPSA) is 49.3 Å². The van der Waals surface area contributed by atoms with Crippen LogP contribution in [0.5, 0.6) is 0 Å². The fourth-order valence-electron chi connectivity index (χ4n) is 2.04. The van der Waals surface area contributed by atoms with Crippen LogP contribution in [-0.2, 0) is 0 Å². The zero-order valence-electron chi connectivity index (χ0n) is 10.2. The molecule has 0 bridgehead atoms. The quantitative estimate of drug-likeness (QED) is 0.722. The third kappa shape index (κ3) is 3.00. The molecule has 5 nitrogen and oxygen atoms in total. The molecule has 1 aromatic rings. The Balaban J connectivity index is 1.93. The highest BCUT2D eigenvalue weighted by Gasteiger charge is 2.17. The summed E-state index contributed by atoms with van der Waals surface area (Å²) in [5, 5.41) is 0. The lowest BCUT2D eigenvalue weighted by atomic mass is 10.3. The summed E-state index contributed by atoms with van der Waals surface area (Å²) < 4.78 is 0. The van der Waals surface area contributed by atoms with E-state index in [1.807, 2.05) is 0 Å². The van der Waals surface area contributed by atoms with Gasteiger partial charge in [0.1, 0.15) is 0 Å². The summed E-state index contributed by atoms with van der Waals surface area (Å²) in [6.07, 6.45) is 5.12. The Morgan fingerprint density at radius 1 is 1.24 bits per heavy atom. The number of aromatic nitrogens is 2. The summed E-state index contributed by atoms with van der Waals surface area (Å²) in [5.41, 5.74) is 0.526. The summed E-state index contributed by atoms with van der Waals surface area (Å²) in [4.78, 5) is 23.5. The Labute approximate surface area is 101 Å². The maximum atomic E-state index is 10.5. The lowest BCUT2D eigenvalue weighted by molar-refractivity contribution is 0.112. The third-order valence-electron chi connectivity index (χ3n) is 2.99. The van der Waals surface area contributed by atoms with E-state index in [1.165, 1.54) is 13.0 Å². The van der Waals surface area contributed by atoms with Crippen molar-refractivity contribution in [3.63, 3.8) is 0 Å². The molecular weight excluding hydrogens is 216 g/mol. The van der Waals surface area contributed by atoms with Crippen LogP contribution in [-0.4, -0.2) is 53.9 Å². The first-order valence-electron chi connectivity index (χ1n) is 6.08. The summed E-state index contributed by atoms with van der Waals surface area (Å²) in [6.45, 7) is 7.41. The van der Waals surface area contributed by atoms with E-state index in [-0.39, 0.29) is 0 Å². The first-order valence-corrected chi connectivity index (χ1v) is 6.08. The van der Waals surface area contributed by atoms with Crippen LogP contribution < -0.4 is 4.90 Å². The number of nitrogens with zero attached hydrogens (tertiary/aromatic N) is 4. The molecule has 1 aromatic heterocycles. The molecule has 0 N–H and O–H groups in total. The van der Waals surface area contributed by atoms with Gasteiger partial charge in [-0.2, -0.15) is 0 Å². The molecule has 0 spiro atoms. The fourth-order valence-corrected chi connectivity index (χ4v) is 2.04. The molecule has 5 heteroatoms. The van der Waals surface area contributed by atoms with Crippen molar-refractivity contribution in [2.24, 2.45) is 0 Å². The van der Waals surface area contributed by atoms with Crippen molar-refractivity contribution < 1.29 is 4.79 Å². The van der Waals surface area contributed by atoms with E-state index in [2.05, 4.69) is 26.7 Å². The largest absolute Gasteiger partial charge is 0.338 e. The number of carbonyl (C=O) groups is 1. The molecule has 1 aliphatic heterocycles. The highest BCUT2D eigenvalue weighted by Crippen LogP contribution is 2.10. The molecule has 0 aliphatic carbocycles. The predicted molar refractivity (Wildman–Crippen MR) is 66.4 cm³/mol. The van der Waals surface area contributed by atoms with Gasteiger partial charge in [0.2, 0.25) is 5.95 Å². The first kappa shape index (κ1) is 12.0. The summed E-state index contributed by atoms with van der Waals surface area (Å²) in [6, 6.07) is 0. The van der Waals surface area contributed by atoms with Gasteiger partial charge in [-0.05, 0) is 13.0 Å². The van der Waals surface area contributed by atoms with E-state index >= 15 is 0 Å². The predicted octanol–water partition coefficient (Wildman–Crippen LogP) is 0.821. The van der Waals surface area contributed by atoms with Crippen LogP contribution in [0, 0.1) is 0 Å². The molecule has 0 radical (unpaired) electrons. The van der Waals surface area contributed by atoms with Crippen molar-refractivity contribution in [1.82, 2.24) is 14.9 Å². The van der Waals surface area contributed by atoms with Crippen molar-refractivity contribution >= 4 is 12.2 Å². The minimum absolute atomic E-state index is 0.526. The molecule has 0 saturated carbocycles. The van der Waals surface area contributed by atoms with Crippen molar-refractivity contribution in [3.05, 3.63) is 18.0 Å². The molecule has 2 rings (SSSR count). The van der Waals surface area contributed by atoms with E-state index in [9.17, 15) is 4.79 Å². The van der Waals surface area contributed by atoms with Crippen LogP contribution in [0.25, 0.3) is 0 Å². The van der Waals surface area contributed by atoms with E-state index in [1.54, 1.807) is 12.4 Å². The van der Waals surface area contributed by atoms with Crippen LogP contribution >= 0.6 is 0 Å². The molecule has 92 valence electrons. The number of hydrogen-bond acceptors (Lipinski definition) is 5. The lowest BCUT2D eigenvalue weighted by Gasteiger charge is -2.34. The standard InChI is InChI=1S/C12H18N4O/c1-2-3-15-4-6-16(7-5-15)12-13-8-11(10-17)9-14-12/h8-10H,2-7H2,1H3. The van der Waals surface area contributed by atoms with Crippen molar-refractivity contribution in [2.45, 2.75) is 13.3 Å². The number of hydrogen-bond donors (Lipinski definition) is 0. The normalized spacial score (nSPS) is 17.1. The average Bonchev–Trinajstić information content (AvgIpc) is 2.40. The Hall–Kier alpha value is -1.49. The molecule has 2 heterocycles. The Kier molecular flexibility index (Phi) is 4.03. The van der Waals surface area contributed by atoms with Gasteiger partial charge in [0.05, 0.1) is 5.56 Å². The van der Waals surface area contributed by atoms with E-state index in [0.717, 1.165) is 38.4 Å². The van der Waals surface area contributed by atoms with E-state index in [4.69, 9.17) is 0 Å². The van der Waals surface area contributed by atoms with E-state index < -0.39 is 0 Å². The second-order valence-corrected chi connectivity index (χ2v) is 4.26. The van der Waals surface area contributed by atoms with Gasteiger partial charge < -0.3 is 4.90 Å². The summed E-state index contributed by atoms with van der Waals surface area (Å²) in [5.74, 6) is 0.728. The van der Waals surface area contributed by atoms with Crippen molar-refractivity contribution in [1.29, 1.82) is 0 Å². The number of piperazine rings is 1. The fraction of sp³-hybridized carbons (Fsp3) is 0.583. The second-order valence-electron chi connectivity index (χ2n) is 4.26. The molecule has 1 saturated heterocycles.